The van der Waals surface area contributed by atoms with Crippen LogP contribution in [0.25, 0.3) is 0 Å². The standard InChI is InChI=1S/C14H21N3O6S/c1-22-10-14(6-3-7-15-14)9-16-24(20,21)11-4-5-12(17(18)19)13(8-11)23-2/h4-5,8,15-16H,3,6-7,9-10H2,1-2H3. The molecular weight excluding hydrogens is 338 g/mol. The molecule has 2 N–H and O–H groups in total. The van der Waals surface area contributed by atoms with Gasteiger partial charge in [0.2, 0.25) is 10.0 Å². The molecule has 1 saturated heterocycles. The third-order valence-corrected chi connectivity index (χ3v) is 5.41. The van der Waals surface area contributed by atoms with Crippen molar-refractivity contribution < 1.29 is 22.8 Å². The van der Waals surface area contributed by atoms with Crippen molar-refractivity contribution in [2.24, 2.45) is 0 Å². The summed E-state index contributed by atoms with van der Waals surface area (Å²) in [6.45, 7) is 1.36. The van der Waals surface area contributed by atoms with Crippen molar-refractivity contribution in [3.05, 3.63) is 28.3 Å². The summed E-state index contributed by atoms with van der Waals surface area (Å²) in [5.74, 6) is -0.103. The van der Waals surface area contributed by atoms with Gasteiger partial charge in [-0.1, -0.05) is 0 Å². The molecule has 1 atom stereocenters. The molecule has 10 heteroatoms. The summed E-state index contributed by atoms with van der Waals surface area (Å²) < 4.78 is 37.6. The highest BCUT2D eigenvalue weighted by molar-refractivity contribution is 7.89. The topological polar surface area (TPSA) is 120 Å². The van der Waals surface area contributed by atoms with Gasteiger partial charge in [0.25, 0.3) is 0 Å². The van der Waals surface area contributed by atoms with E-state index in [0.29, 0.717) is 6.61 Å². The molecule has 1 unspecified atom stereocenters. The number of sulfonamides is 1. The summed E-state index contributed by atoms with van der Waals surface area (Å²) in [6, 6.07) is 3.45. The molecule has 0 spiro atoms. The van der Waals surface area contributed by atoms with Gasteiger partial charge >= 0.3 is 5.69 Å². The molecule has 24 heavy (non-hydrogen) atoms. The van der Waals surface area contributed by atoms with Crippen LogP contribution < -0.4 is 14.8 Å². The number of nitro groups is 1. The molecule has 1 fully saturated rings. The molecule has 9 nitrogen and oxygen atoms in total. The van der Waals surface area contributed by atoms with E-state index in [2.05, 4.69) is 10.0 Å². The summed E-state index contributed by atoms with van der Waals surface area (Å²) in [6.07, 6.45) is 1.74. The van der Waals surface area contributed by atoms with Crippen LogP contribution >= 0.6 is 0 Å². The van der Waals surface area contributed by atoms with Crippen molar-refractivity contribution in [3.8, 4) is 5.75 Å². The summed E-state index contributed by atoms with van der Waals surface area (Å²) in [5, 5.41) is 14.2. The normalized spacial score (nSPS) is 20.9. The predicted molar refractivity (Wildman–Crippen MR) is 86.7 cm³/mol. The van der Waals surface area contributed by atoms with Crippen LogP contribution in [0.2, 0.25) is 0 Å². The first-order valence-corrected chi connectivity index (χ1v) is 8.88. The van der Waals surface area contributed by atoms with Gasteiger partial charge in [0.05, 0.1) is 29.1 Å². The molecule has 0 amide bonds. The van der Waals surface area contributed by atoms with Crippen molar-refractivity contribution in [2.45, 2.75) is 23.3 Å². The number of hydrogen-bond acceptors (Lipinski definition) is 7. The van der Waals surface area contributed by atoms with Crippen molar-refractivity contribution >= 4 is 15.7 Å². The Morgan fingerprint density at radius 2 is 2.17 bits per heavy atom. The largest absolute Gasteiger partial charge is 0.490 e. The fraction of sp³-hybridized carbons (Fsp3) is 0.571. The second-order valence-corrected chi connectivity index (χ2v) is 7.43. The average molecular weight is 359 g/mol. The Kier molecular flexibility index (Phi) is 5.75. The lowest BCUT2D eigenvalue weighted by Crippen LogP contribution is -2.52. The third kappa shape index (κ3) is 4.01. The number of nitro benzene ring substituents is 1. The molecule has 0 aliphatic carbocycles. The minimum atomic E-state index is -3.83. The van der Waals surface area contributed by atoms with E-state index in [1.54, 1.807) is 7.11 Å². The first kappa shape index (κ1) is 18.6. The average Bonchev–Trinajstić information content (AvgIpc) is 3.01. The zero-order chi connectivity index (χ0) is 17.8. The fourth-order valence-electron chi connectivity index (χ4n) is 2.76. The van der Waals surface area contributed by atoms with Gasteiger partial charge in [-0.15, -0.1) is 0 Å². The Labute approximate surface area is 140 Å². The molecule has 1 aliphatic heterocycles. The van der Waals surface area contributed by atoms with Gasteiger partial charge in [-0.2, -0.15) is 0 Å². The van der Waals surface area contributed by atoms with Crippen molar-refractivity contribution in [1.82, 2.24) is 10.0 Å². The quantitative estimate of drug-likeness (QED) is 0.516. The van der Waals surface area contributed by atoms with Crippen LogP contribution in [-0.2, 0) is 14.8 Å². The second-order valence-electron chi connectivity index (χ2n) is 5.66. The number of rotatable bonds is 8. The van der Waals surface area contributed by atoms with Crippen LogP contribution in [0, 0.1) is 10.1 Å². The second kappa shape index (κ2) is 7.43. The number of benzene rings is 1. The third-order valence-electron chi connectivity index (χ3n) is 4.01. The lowest BCUT2D eigenvalue weighted by molar-refractivity contribution is -0.385. The maximum Gasteiger partial charge on any atom is 0.310 e. The van der Waals surface area contributed by atoms with Gasteiger partial charge in [0, 0.05) is 25.8 Å². The maximum atomic E-state index is 12.5. The number of nitrogens with zero attached hydrogens (tertiary/aromatic N) is 1. The van der Waals surface area contributed by atoms with E-state index in [-0.39, 0.29) is 22.9 Å². The lowest BCUT2D eigenvalue weighted by Gasteiger charge is -2.28. The SMILES string of the molecule is COCC1(CNS(=O)(=O)c2ccc([N+](=O)[O-])c(OC)c2)CCCN1. The van der Waals surface area contributed by atoms with Crippen LogP contribution in [0.4, 0.5) is 5.69 Å². The van der Waals surface area contributed by atoms with Crippen LogP contribution in [0.1, 0.15) is 12.8 Å². The summed E-state index contributed by atoms with van der Waals surface area (Å²) in [4.78, 5) is 10.2. The number of hydrogen-bond donors (Lipinski definition) is 2. The minimum Gasteiger partial charge on any atom is -0.490 e. The molecule has 0 radical (unpaired) electrons. The highest BCUT2D eigenvalue weighted by Crippen LogP contribution is 2.29. The van der Waals surface area contributed by atoms with Crippen molar-refractivity contribution in [3.63, 3.8) is 0 Å². The smallest absolute Gasteiger partial charge is 0.310 e. The summed E-state index contributed by atoms with van der Waals surface area (Å²) in [5.41, 5.74) is -0.725. The van der Waals surface area contributed by atoms with Crippen LogP contribution in [-0.4, -0.2) is 52.8 Å². The highest BCUT2D eigenvalue weighted by atomic mass is 32.2. The lowest BCUT2D eigenvalue weighted by atomic mass is 9.99. The van der Waals surface area contributed by atoms with Crippen LogP contribution in [0.3, 0.4) is 0 Å². The van der Waals surface area contributed by atoms with E-state index < -0.39 is 20.5 Å². The van der Waals surface area contributed by atoms with Crippen molar-refractivity contribution in [1.29, 1.82) is 0 Å². The first-order valence-electron chi connectivity index (χ1n) is 7.40. The van der Waals surface area contributed by atoms with E-state index in [1.165, 1.54) is 13.2 Å². The molecule has 0 aromatic heterocycles. The maximum absolute atomic E-state index is 12.5. The number of nitrogens with one attached hydrogen (secondary N) is 2. The molecule has 1 aromatic carbocycles. The number of methoxy groups -OCH3 is 2. The Hall–Kier alpha value is -1.75. The molecule has 1 aromatic rings. The zero-order valence-corrected chi connectivity index (χ0v) is 14.4. The Balaban J connectivity index is 2.19. The van der Waals surface area contributed by atoms with Gasteiger partial charge in [-0.05, 0) is 25.5 Å². The van der Waals surface area contributed by atoms with E-state index in [4.69, 9.17) is 9.47 Å². The van der Waals surface area contributed by atoms with Gasteiger partial charge in [0.15, 0.2) is 5.75 Å². The molecular formula is C14H21N3O6S. The van der Waals surface area contributed by atoms with Gasteiger partial charge in [-0.3, -0.25) is 10.1 Å². The van der Waals surface area contributed by atoms with E-state index >= 15 is 0 Å². The highest BCUT2D eigenvalue weighted by Gasteiger charge is 2.35. The fourth-order valence-corrected chi connectivity index (χ4v) is 3.90. The molecule has 134 valence electrons. The Bertz CT molecular complexity index is 700. The summed E-state index contributed by atoms with van der Waals surface area (Å²) in [7, 11) is -1.01. The monoisotopic (exact) mass is 359 g/mol. The zero-order valence-electron chi connectivity index (χ0n) is 13.6. The molecule has 0 saturated carbocycles. The number of ether oxygens (including phenoxy) is 2. The predicted octanol–water partition coefficient (Wildman–Crippen LogP) is 0.650. The molecule has 1 aliphatic rings. The van der Waals surface area contributed by atoms with Crippen molar-refractivity contribution in [2.75, 3.05) is 33.9 Å². The van der Waals surface area contributed by atoms with E-state index in [1.807, 2.05) is 0 Å². The Morgan fingerprint density at radius 1 is 1.42 bits per heavy atom. The van der Waals surface area contributed by atoms with E-state index in [9.17, 15) is 18.5 Å². The van der Waals surface area contributed by atoms with Gasteiger partial charge in [-0.25, -0.2) is 13.1 Å². The molecule has 2 rings (SSSR count). The minimum absolute atomic E-state index is 0.0875. The van der Waals surface area contributed by atoms with Crippen LogP contribution in [0.15, 0.2) is 23.1 Å². The molecule has 0 bridgehead atoms. The van der Waals surface area contributed by atoms with E-state index in [0.717, 1.165) is 31.5 Å². The van der Waals surface area contributed by atoms with Gasteiger partial charge < -0.3 is 14.8 Å². The Morgan fingerprint density at radius 3 is 2.71 bits per heavy atom. The summed E-state index contributed by atoms with van der Waals surface area (Å²) >= 11 is 0. The van der Waals surface area contributed by atoms with Crippen LogP contribution in [0.5, 0.6) is 5.75 Å². The molecule has 1 heterocycles. The first-order chi connectivity index (χ1) is 11.3. The van der Waals surface area contributed by atoms with Gasteiger partial charge in [0.1, 0.15) is 0 Å².